The van der Waals surface area contributed by atoms with E-state index in [1.165, 1.54) is 38.1 Å². The fourth-order valence-electron chi connectivity index (χ4n) is 3.03. The van der Waals surface area contributed by atoms with Crippen LogP contribution in [0.1, 0.15) is 5.56 Å². The second kappa shape index (κ2) is 6.13. The van der Waals surface area contributed by atoms with Gasteiger partial charge >= 0.3 is 21.7 Å². The minimum atomic E-state index is 0. The molecule has 0 amide bonds. The van der Waals surface area contributed by atoms with E-state index in [0.29, 0.717) is 0 Å². The van der Waals surface area contributed by atoms with Gasteiger partial charge in [0.1, 0.15) is 0 Å². The maximum atomic E-state index is 2.30. The van der Waals surface area contributed by atoms with Crippen LogP contribution in [0.5, 0.6) is 0 Å². The van der Waals surface area contributed by atoms with Crippen LogP contribution in [0, 0.1) is 21.8 Å². The van der Waals surface area contributed by atoms with E-state index in [-0.39, 0.29) is 36.6 Å². The number of rotatable bonds is 0. The first-order valence-electron chi connectivity index (χ1n) is 6.29. The summed E-state index contributed by atoms with van der Waals surface area (Å²) in [6.45, 7) is 2.16. The molecule has 0 aliphatic heterocycles. The van der Waals surface area contributed by atoms with E-state index in [4.69, 9.17) is 0 Å². The second-order valence-electron chi connectivity index (χ2n) is 5.07. The van der Waals surface area contributed by atoms with Crippen molar-refractivity contribution in [3.05, 3.63) is 68.9 Å². The Bertz CT molecular complexity index is 896. The molecule has 4 rings (SSSR count). The Morgan fingerprint density at radius 2 is 1.67 bits per heavy atom. The Kier molecular flexibility index (Phi) is 5.14. The molecule has 0 bridgehead atoms. The van der Waals surface area contributed by atoms with Crippen molar-refractivity contribution in [2.24, 2.45) is 7.05 Å². The maximum absolute atomic E-state index is 2.30. The van der Waals surface area contributed by atoms with E-state index in [9.17, 15) is 0 Å². The SMILES string of the molecule is Cc1ccc2c(c1)c1c3ccccc3[cH-]c1n2C.[CH3-].[CH3-].[Ti+3]. The number of benzene rings is 2. The Balaban J connectivity index is 0.000000735. The molecule has 105 valence electrons. The van der Waals surface area contributed by atoms with Crippen LogP contribution in [0.4, 0.5) is 0 Å². The number of aromatic nitrogens is 1. The monoisotopic (exact) mass is 310 g/mol. The van der Waals surface area contributed by atoms with Gasteiger partial charge in [-0.3, -0.25) is 0 Å². The largest absolute Gasteiger partial charge is 3.00 e. The first-order chi connectivity index (χ1) is 8.75. The summed E-state index contributed by atoms with van der Waals surface area (Å²) in [5.74, 6) is 0. The fraction of sp³-hybridized carbons (Fsp3) is 0.105. The minimum absolute atomic E-state index is 0. The first kappa shape index (κ1) is 17.6. The van der Waals surface area contributed by atoms with Gasteiger partial charge in [-0.25, -0.2) is 0 Å². The Morgan fingerprint density at radius 3 is 2.43 bits per heavy atom. The summed E-state index contributed by atoms with van der Waals surface area (Å²) in [5, 5.41) is 5.46. The van der Waals surface area contributed by atoms with Gasteiger partial charge in [-0.1, -0.05) is 29.1 Å². The summed E-state index contributed by atoms with van der Waals surface area (Å²) in [5.41, 5.74) is 3.97. The molecule has 0 saturated carbocycles. The van der Waals surface area contributed by atoms with Gasteiger partial charge in [0.05, 0.1) is 0 Å². The minimum Gasteiger partial charge on any atom is -0.362 e. The molecule has 0 aliphatic rings. The molecule has 0 unspecified atom stereocenters. The van der Waals surface area contributed by atoms with Crippen molar-refractivity contribution in [3.63, 3.8) is 0 Å². The maximum Gasteiger partial charge on any atom is 3.00 e. The van der Waals surface area contributed by atoms with Crippen molar-refractivity contribution in [2.75, 3.05) is 0 Å². The van der Waals surface area contributed by atoms with Gasteiger partial charge < -0.3 is 19.4 Å². The molecule has 1 aromatic heterocycles. The summed E-state index contributed by atoms with van der Waals surface area (Å²) in [6.07, 6.45) is 0. The van der Waals surface area contributed by atoms with Crippen molar-refractivity contribution in [2.45, 2.75) is 6.92 Å². The van der Waals surface area contributed by atoms with E-state index >= 15 is 0 Å². The zero-order valence-electron chi connectivity index (χ0n) is 13.1. The molecule has 0 aliphatic carbocycles. The van der Waals surface area contributed by atoms with Crippen molar-refractivity contribution >= 4 is 32.6 Å². The molecule has 0 atom stereocenters. The zero-order valence-corrected chi connectivity index (χ0v) is 14.6. The third-order valence-corrected chi connectivity index (χ3v) is 3.92. The third-order valence-electron chi connectivity index (χ3n) is 3.92. The van der Waals surface area contributed by atoms with Gasteiger partial charge in [-0.2, -0.15) is 0 Å². The van der Waals surface area contributed by atoms with Gasteiger partial charge in [0.25, 0.3) is 0 Å². The van der Waals surface area contributed by atoms with E-state index in [1.807, 2.05) is 0 Å². The van der Waals surface area contributed by atoms with Crippen molar-refractivity contribution in [3.8, 4) is 0 Å². The average molecular weight is 310 g/mol. The Labute approximate surface area is 141 Å². The quantitative estimate of drug-likeness (QED) is 0.302. The molecule has 0 fully saturated rings. The van der Waals surface area contributed by atoms with Crippen LogP contribution in [-0.2, 0) is 28.8 Å². The van der Waals surface area contributed by atoms with Crippen molar-refractivity contribution < 1.29 is 21.7 Å². The van der Waals surface area contributed by atoms with Crippen LogP contribution in [0.25, 0.3) is 32.6 Å². The summed E-state index contributed by atoms with van der Waals surface area (Å²) < 4.78 is 2.30. The molecule has 1 heterocycles. The summed E-state index contributed by atoms with van der Waals surface area (Å²) in [6, 6.07) is 17.6. The van der Waals surface area contributed by atoms with Crippen molar-refractivity contribution in [1.29, 1.82) is 0 Å². The zero-order chi connectivity index (χ0) is 12.3. The van der Waals surface area contributed by atoms with E-state index in [2.05, 4.69) is 67.1 Å². The fourth-order valence-corrected chi connectivity index (χ4v) is 3.03. The molecule has 3 aromatic carbocycles. The standard InChI is InChI=1S/C17H14N.2CH3.Ti/c1-11-7-8-15-14(9-11)17-13-6-4-3-5-12(13)10-16(17)18(15)2;;;/h3-10H,1-2H3;2*1H3;/q3*-1;+3. The van der Waals surface area contributed by atoms with Crippen LogP contribution in [-0.4, -0.2) is 4.57 Å². The van der Waals surface area contributed by atoms with Crippen LogP contribution in [0.15, 0.2) is 48.5 Å². The Morgan fingerprint density at radius 1 is 0.952 bits per heavy atom. The topological polar surface area (TPSA) is 4.93 Å². The van der Waals surface area contributed by atoms with Crippen molar-refractivity contribution in [1.82, 2.24) is 4.57 Å². The van der Waals surface area contributed by atoms with Gasteiger partial charge in [0.2, 0.25) is 0 Å². The number of aryl methyl sites for hydroxylation is 2. The van der Waals surface area contributed by atoms with Gasteiger partial charge in [-0.05, 0) is 23.9 Å². The number of hydrogen-bond acceptors (Lipinski definition) is 0. The molecule has 0 N–H and O–H groups in total. The van der Waals surface area contributed by atoms with Crippen LogP contribution in [0.2, 0.25) is 0 Å². The number of fused-ring (bicyclic) bond motifs is 5. The number of hydrogen-bond donors (Lipinski definition) is 0. The van der Waals surface area contributed by atoms with E-state index in [1.54, 1.807) is 0 Å². The summed E-state index contributed by atoms with van der Waals surface area (Å²) in [4.78, 5) is 0. The van der Waals surface area contributed by atoms with Crippen LogP contribution in [0.3, 0.4) is 0 Å². The predicted molar refractivity (Wildman–Crippen MR) is 91.1 cm³/mol. The van der Waals surface area contributed by atoms with E-state index in [0.717, 1.165) is 0 Å². The van der Waals surface area contributed by atoms with Crippen LogP contribution < -0.4 is 0 Å². The molecule has 4 aromatic rings. The smallest absolute Gasteiger partial charge is 0.362 e. The summed E-state index contributed by atoms with van der Waals surface area (Å²) in [7, 11) is 2.15. The molecule has 21 heavy (non-hydrogen) atoms. The van der Waals surface area contributed by atoms with Gasteiger partial charge in [0.15, 0.2) is 0 Å². The molecule has 1 radical (unpaired) electrons. The predicted octanol–water partition coefficient (Wildman–Crippen LogP) is 5.41. The summed E-state index contributed by atoms with van der Waals surface area (Å²) >= 11 is 0. The average Bonchev–Trinajstić information content (AvgIpc) is 2.87. The normalized spacial score (nSPS) is 10.2. The van der Waals surface area contributed by atoms with Crippen LogP contribution >= 0.6 is 0 Å². The molecular formula is C19H20NTi. The second-order valence-corrected chi connectivity index (χ2v) is 5.07. The first-order valence-corrected chi connectivity index (χ1v) is 6.29. The Hall–Kier alpha value is -1.44. The molecular weight excluding hydrogens is 290 g/mol. The molecule has 2 heteroatoms. The molecule has 1 nitrogen and oxygen atoms in total. The molecule has 0 spiro atoms. The number of nitrogens with zero attached hydrogens (tertiary/aromatic N) is 1. The van der Waals surface area contributed by atoms with E-state index < -0.39 is 0 Å². The van der Waals surface area contributed by atoms with Gasteiger partial charge in [0, 0.05) is 12.6 Å². The third kappa shape index (κ3) is 2.35. The van der Waals surface area contributed by atoms with Gasteiger partial charge in [-0.15, -0.1) is 35.0 Å². The molecule has 0 saturated heterocycles.